The molecule has 1 aliphatic rings. The Morgan fingerprint density at radius 3 is 2.02 bits per heavy atom. The van der Waals surface area contributed by atoms with Crippen LogP contribution in [0.5, 0.6) is 17.2 Å². The van der Waals surface area contributed by atoms with Gasteiger partial charge in [-0.1, -0.05) is 74.8 Å². The number of nitrogens with one attached hydrogen (secondary N) is 1. The van der Waals surface area contributed by atoms with E-state index >= 15 is 0 Å². The standard InChI is InChI=1S/C31H34ClN5O4S/c1-31(2,3)22-14-16-24(17-15-22)42(38,39)35-29-27(41-26-13-9-8-12-25(26)40-4)28(32)33-30(34-29)37-20-18-36(19-21-37)23-10-6-5-7-11-23/h5-17H,18-21H2,1-4H3,(H,33,34,35). The second kappa shape index (κ2) is 12.1. The monoisotopic (exact) mass is 607 g/mol. The van der Waals surface area contributed by atoms with Crippen molar-refractivity contribution in [3.8, 4) is 17.2 Å². The zero-order valence-corrected chi connectivity index (χ0v) is 25.6. The molecule has 0 aliphatic carbocycles. The van der Waals surface area contributed by atoms with E-state index < -0.39 is 10.0 Å². The van der Waals surface area contributed by atoms with E-state index in [2.05, 4.69) is 52.5 Å². The first-order chi connectivity index (χ1) is 20.0. The van der Waals surface area contributed by atoms with E-state index in [1.54, 1.807) is 36.4 Å². The number of rotatable bonds is 8. The largest absolute Gasteiger partial charge is 0.493 e. The summed E-state index contributed by atoms with van der Waals surface area (Å²) in [5, 5.41) is -0.0304. The number of piperazine rings is 1. The molecule has 11 heteroatoms. The Hall–Kier alpha value is -4.02. The molecular weight excluding hydrogens is 574 g/mol. The molecule has 1 aromatic heterocycles. The third-order valence-electron chi connectivity index (χ3n) is 7.04. The van der Waals surface area contributed by atoms with Gasteiger partial charge in [0.15, 0.2) is 22.5 Å². The lowest BCUT2D eigenvalue weighted by atomic mass is 9.87. The van der Waals surface area contributed by atoms with Gasteiger partial charge in [-0.05, 0) is 47.4 Å². The quantitative estimate of drug-likeness (QED) is 0.231. The van der Waals surface area contributed by atoms with Gasteiger partial charge in [-0.2, -0.15) is 9.97 Å². The Kier molecular flexibility index (Phi) is 8.47. The SMILES string of the molecule is COc1ccccc1Oc1c(Cl)nc(N2CCN(c3ccccc3)CC2)nc1NS(=O)(=O)c1ccc(C(C)(C)C)cc1. The molecule has 1 aliphatic heterocycles. The minimum atomic E-state index is -4.05. The molecule has 9 nitrogen and oxygen atoms in total. The van der Waals surface area contributed by atoms with Gasteiger partial charge in [0.2, 0.25) is 11.7 Å². The van der Waals surface area contributed by atoms with Gasteiger partial charge in [0.25, 0.3) is 10.0 Å². The molecule has 5 rings (SSSR count). The predicted molar refractivity (Wildman–Crippen MR) is 167 cm³/mol. The third-order valence-corrected chi connectivity index (χ3v) is 8.65. The first-order valence-electron chi connectivity index (χ1n) is 13.6. The highest BCUT2D eigenvalue weighted by Gasteiger charge is 2.27. The van der Waals surface area contributed by atoms with Gasteiger partial charge in [0.05, 0.1) is 12.0 Å². The average Bonchev–Trinajstić information content (AvgIpc) is 2.99. The van der Waals surface area contributed by atoms with Gasteiger partial charge in [-0.25, -0.2) is 8.42 Å². The number of benzene rings is 3. The lowest BCUT2D eigenvalue weighted by Gasteiger charge is -2.36. The topological polar surface area (TPSA) is 96.9 Å². The fraction of sp³-hybridized carbons (Fsp3) is 0.290. The van der Waals surface area contributed by atoms with Crippen LogP contribution < -0.4 is 24.0 Å². The van der Waals surface area contributed by atoms with E-state index in [1.165, 1.54) is 7.11 Å². The first-order valence-corrected chi connectivity index (χ1v) is 15.5. The van der Waals surface area contributed by atoms with Crippen LogP contribution in [0.1, 0.15) is 26.3 Å². The van der Waals surface area contributed by atoms with Crippen molar-refractivity contribution < 1.29 is 17.9 Å². The second-order valence-electron chi connectivity index (χ2n) is 10.9. The molecule has 0 unspecified atom stereocenters. The van der Waals surface area contributed by atoms with Crippen LogP contribution >= 0.6 is 11.6 Å². The molecular formula is C31H34ClN5O4S. The fourth-order valence-corrected chi connectivity index (χ4v) is 5.86. The summed E-state index contributed by atoms with van der Waals surface area (Å²) in [6, 6.07) is 23.9. The minimum absolute atomic E-state index is 0.0253. The summed E-state index contributed by atoms with van der Waals surface area (Å²) < 4.78 is 41.3. The van der Waals surface area contributed by atoms with E-state index in [4.69, 9.17) is 21.1 Å². The molecule has 2 heterocycles. The van der Waals surface area contributed by atoms with Crippen molar-refractivity contribution in [3.05, 3.63) is 89.6 Å². The van der Waals surface area contributed by atoms with Crippen molar-refractivity contribution in [2.45, 2.75) is 31.1 Å². The highest BCUT2D eigenvalue weighted by molar-refractivity contribution is 7.92. The number of para-hydroxylation sites is 3. The summed E-state index contributed by atoms with van der Waals surface area (Å²) in [4.78, 5) is 13.5. The summed E-state index contributed by atoms with van der Waals surface area (Å²) in [5.41, 5.74) is 2.04. The smallest absolute Gasteiger partial charge is 0.263 e. The van der Waals surface area contributed by atoms with Gasteiger partial charge in [-0.3, -0.25) is 4.72 Å². The molecule has 0 saturated carbocycles. The lowest BCUT2D eigenvalue weighted by Crippen LogP contribution is -2.47. The number of aromatic nitrogens is 2. The Bertz CT molecular complexity index is 1640. The summed E-state index contributed by atoms with van der Waals surface area (Å²) in [7, 11) is -2.53. The molecule has 220 valence electrons. The van der Waals surface area contributed by atoms with Gasteiger partial charge in [-0.15, -0.1) is 0 Å². The molecule has 4 aromatic rings. The normalized spacial score (nSPS) is 14.0. The number of hydrogen-bond donors (Lipinski definition) is 1. The van der Waals surface area contributed by atoms with Crippen LogP contribution in [0.25, 0.3) is 0 Å². The van der Waals surface area contributed by atoms with Gasteiger partial charge in [0.1, 0.15) is 0 Å². The molecule has 1 N–H and O–H groups in total. The molecule has 3 aromatic carbocycles. The van der Waals surface area contributed by atoms with Crippen molar-refractivity contribution in [2.24, 2.45) is 0 Å². The van der Waals surface area contributed by atoms with Crippen molar-refractivity contribution in [3.63, 3.8) is 0 Å². The predicted octanol–water partition coefficient (Wildman–Crippen LogP) is 6.36. The van der Waals surface area contributed by atoms with Crippen LogP contribution in [0.4, 0.5) is 17.5 Å². The maximum Gasteiger partial charge on any atom is 0.263 e. The Morgan fingerprint density at radius 2 is 1.40 bits per heavy atom. The minimum Gasteiger partial charge on any atom is -0.493 e. The lowest BCUT2D eigenvalue weighted by molar-refractivity contribution is 0.378. The third kappa shape index (κ3) is 6.55. The molecule has 0 amide bonds. The summed E-state index contributed by atoms with van der Waals surface area (Å²) >= 11 is 6.68. The van der Waals surface area contributed by atoms with Gasteiger partial charge >= 0.3 is 0 Å². The highest BCUT2D eigenvalue weighted by Crippen LogP contribution is 2.40. The Morgan fingerprint density at radius 1 is 0.810 bits per heavy atom. The number of halogens is 1. The van der Waals surface area contributed by atoms with E-state index in [0.717, 1.165) is 24.3 Å². The molecule has 0 atom stereocenters. The fourth-order valence-electron chi connectivity index (χ4n) is 4.65. The molecule has 42 heavy (non-hydrogen) atoms. The van der Waals surface area contributed by atoms with Gasteiger partial charge in [0, 0.05) is 31.9 Å². The van der Waals surface area contributed by atoms with Crippen LogP contribution in [0.15, 0.2) is 83.8 Å². The second-order valence-corrected chi connectivity index (χ2v) is 13.0. The summed E-state index contributed by atoms with van der Waals surface area (Å²) in [6.07, 6.45) is 0. The maximum absolute atomic E-state index is 13.6. The zero-order valence-electron chi connectivity index (χ0n) is 24.0. The van der Waals surface area contributed by atoms with Crippen molar-refractivity contribution in [1.82, 2.24) is 9.97 Å². The van der Waals surface area contributed by atoms with Crippen LogP contribution in [0, 0.1) is 0 Å². The molecule has 1 fully saturated rings. The number of ether oxygens (including phenoxy) is 2. The summed E-state index contributed by atoms with van der Waals surface area (Å²) in [6.45, 7) is 8.94. The number of methoxy groups -OCH3 is 1. The van der Waals surface area contributed by atoms with E-state index in [0.29, 0.717) is 30.5 Å². The van der Waals surface area contributed by atoms with Crippen LogP contribution in [0.2, 0.25) is 5.15 Å². The van der Waals surface area contributed by atoms with Crippen LogP contribution in [-0.4, -0.2) is 51.7 Å². The van der Waals surface area contributed by atoms with Crippen LogP contribution in [-0.2, 0) is 15.4 Å². The molecule has 0 spiro atoms. The number of nitrogens with zero attached hydrogens (tertiary/aromatic N) is 4. The number of anilines is 3. The number of sulfonamides is 1. The number of hydrogen-bond acceptors (Lipinski definition) is 8. The maximum atomic E-state index is 13.6. The van der Waals surface area contributed by atoms with E-state index in [1.807, 2.05) is 35.2 Å². The molecule has 1 saturated heterocycles. The average molecular weight is 608 g/mol. The Balaban J connectivity index is 1.48. The zero-order chi connectivity index (χ0) is 29.9. The van der Waals surface area contributed by atoms with E-state index in [-0.39, 0.29) is 27.0 Å². The Labute approximate surface area is 252 Å². The van der Waals surface area contributed by atoms with Crippen molar-refractivity contribution >= 4 is 39.1 Å². The summed E-state index contributed by atoms with van der Waals surface area (Å²) in [5.74, 6) is 0.996. The van der Waals surface area contributed by atoms with Crippen LogP contribution in [0.3, 0.4) is 0 Å². The van der Waals surface area contributed by atoms with Crippen molar-refractivity contribution in [1.29, 1.82) is 0 Å². The van der Waals surface area contributed by atoms with Crippen molar-refractivity contribution in [2.75, 3.05) is 47.8 Å². The molecule has 0 radical (unpaired) electrons. The molecule has 0 bridgehead atoms. The highest BCUT2D eigenvalue weighted by atomic mass is 35.5. The van der Waals surface area contributed by atoms with E-state index in [9.17, 15) is 8.42 Å². The first kappa shape index (κ1) is 29.5. The van der Waals surface area contributed by atoms with Gasteiger partial charge < -0.3 is 19.3 Å².